The lowest BCUT2D eigenvalue weighted by molar-refractivity contribution is 1.20. The van der Waals surface area contributed by atoms with Crippen molar-refractivity contribution in [2.75, 3.05) is 11.5 Å². The third-order valence-corrected chi connectivity index (χ3v) is 3.77. The van der Waals surface area contributed by atoms with Gasteiger partial charge >= 0.3 is 0 Å². The van der Waals surface area contributed by atoms with Crippen molar-refractivity contribution in [3.8, 4) is 0 Å². The highest BCUT2D eigenvalue weighted by Gasteiger charge is 2.09. The van der Waals surface area contributed by atoms with E-state index < -0.39 is 0 Å². The van der Waals surface area contributed by atoms with Gasteiger partial charge in [-0.15, -0.1) is 0 Å². The molecule has 2 aromatic rings. The molecule has 0 spiro atoms. The maximum atomic E-state index is 6.00. The Morgan fingerprint density at radius 2 is 1.56 bits per heavy atom. The molecule has 0 amide bonds. The summed E-state index contributed by atoms with van der Waals surface area (Å²) in [6, 6.07) is 8.95. The van der Waals surface area contributed by atoms with E-state index in [-0.39, 0.29) is 0 Å². The number of hydrogen-bond donors (Lipinski definition) is 2. The normalized spacial score (nSPS) is 10.6. The van der Waals surface area contributed by atoms with Crippen molar-refractivity contribution < 1.29 is 0 Å². The molecule has 94 valence electrons. The fourth-order valence-corrected chi connectivity index (χ4v) is 2.22. The fraction of sp³-hybridized carbons (Fsp3) is 0.0769. The average Bonchev–Trinajstić information content (AvgIpc) is 2.33. The Hall–Kier alpha value is -1.09. The number of rotatable bonds is 2. The minimum Gasteiger partial charge on any atom is -0.398 e. The van der Waals surface area contributed by atoms with Crippen molar-refractivity contribution in [2.45, 2.75) is 6.42 Å². The summed E-state index contributed by atoms with van der Waals surface area (Å²) in [7, 11) is 0. The third kappa shape index (κ3) is 2.66. The third-order valence-electron chi connectivity index (χ3n) is 2.71. The zero-order valence-corrected chi connectivity index (χ0v) is 11.7. The Bertz CT molecular complexity index is 597. The highest BCUT2D eigenvalue weighted by atomic mass is 35.5. The van der Waals surface area contributed by atoms with Gasteiger partial charge in [0.2, 0.25) is 0 Å². The molecule has 0 aliphatic rings. The molecule has 0 aliphatic carbocycles. The van der Waals surface area contributed by atoms with E-state index in [0.29, 0.717) is 32.9 Å². The van der Waals surface area contributed by atoms with Crippen LogP contribution in [0.25, 0.3) is 0 Å². The molecule has 0 fully saturated rings. The van der Waals surface area contributed by atoms with E-state index in [2.05, 4.69) is 0 Å². The van der Waals surface area contributed by atoms with Gasteiger partial charge in [0.15, 0.2) is 0 Å². The highest BCUT2D eigenvalue weighted by molar-refractivity contribution is 6.43. The van der Waals surface area contributed by atoms with Crippen LogP contribution >= 0.6 is 34.8 Å². The van der Waals surface area contributed by atoms with Crippen LogP contribution in [0, 0.1) is 0 Å². The molecule has 0 aliphatic heterocycles. The smallest absolute Gasteiger partial charge is 0.0824 e. The second kappa shape index (κ2) is 5.27. The van der Waals surface area contributed by atoms with E-state index >= 15 is 0 Å². The van der Waals surface area contributed by atoms with Gasteiger partial charge in [-0.2, -0.15) is 0 Å². The largest absolute Gasteiger partial charge is 0.398 e. The Labute approximate surface area is 120 Å². The topological polar surface area (TPSA) is 52.0 Å². The fourth-order valence-electron chi connectivity index (χ4n) is 1.69. The molecule has 0 unspecified atom stereocenters. The second-order valence-electron chi connectivity index (χ2n) is 3.95. The summed E-state index contributed by atoms with van der Waals surface area (Å²) in [5, 5.41) is 1.43. The first-order valence-electron chi connectivity index (χ1n) is 5.25. The summed E-state index contributed by atoms with van der Waals surface area (Å²) in [5.41, 5.74) is 14.8. The number of nitrogen functional groups attached to an aromatic ring is 2. The lowest BCUT2D eigenvalue weighted by Gasteiger charge is -2.10. The molecule has 0 heterocycles. The van der Waals surface area contributed by atoms with Gasteiger partial charge in [-0.3, -0.25) is 0 Å². The molecule has 2 nitrogen and oxygen atoms in total. The molecule has 0 atom stereocenters. The van der Waals surface area contributed by atoms with Crippen molar-refractivity contribution in [2.24, 2.45) is 0 Å². The first kappa shape index (κ1) is 13.3. The average molecular weight is 302 g/mol. The summed E-state index contributed by atoms with van der Waals surface area (Å²) in [6.07, 6.45) is 0.589. The van der Waals surface area contributed by atoms with Gasteiger partial charge in [-0.1, -0.05) is 46.9 Å². The maximum absolute atomic E-state index is 6.00. The van der Waals surface area contributed by atoms with Crippen LogP contribution in [0.15, 0.2) is 30.3 Å². The van der Waals surface area contributed by atoms with Gasteiger partial charge < -0.3 is 11.5 Å². The van der Waals surface area contributed by atoms with Crippen LogP contribution < -0.4 is 11.5 Å². The van der Waals surface area contributed by atoms with Crippen LogP contribution in [0.3, 0.4) is 0 Å². The van der Waals surface area contributed by atoms with Gasteiger partial charge in [0.25, 0.3) is 0 Å². The quantitative estimate of drug-likeness (QED) is 0.808. The molecule has 4 N–H and O–H groups in total. The molecule has 2 rings (SSSR count). The van der Waals surface area contributed by atoms with Crippen LogP contribution in [0.1, 0.15) is 11.1 Å². The zero-order chi connectivity index (χ0) is 13.3. The van der Waals surface area contributed by atoms with E-state index in [9.17, 15) is 0 Å². The first-order chi connectivity index (χ1) is 8.49. The lowest BCUT2D eigenvalue weighted by atomic mass is 10.0. The van der Waals surface area contributed by atoms with Gasteiger partial charge in [0.05, 0.1) is 15.7 Å². The molecule has 0 bridgehead atoms. The lowest BCUT2D eigenvalue weighted by Crippen LogP contribution is -2.00. The van der Waals surface area contributed by atoms with Crippen LogP contribution in [0.4, 0.5) is 11.4 Å². The van der Waals surface area contributed by atoms with E-state index in [1.165, 1.54) is 0 Å². The molecular formula is C13H11Cl3N2. The van der Waals surface area contributed by atoms with Crippen molar-refractivity contribution >= 4 is 46.2 Å². The SMILES string of the molecule is Nc1cc(Cl)ccc1Cc1ccc(Cl)c(Cl)c1N. The summed E-state index contributed by atoms with van der Waals surface area (Å²) >= 11 is 17.7. The Morgan fingerprint density at radius 3 is 2.22 bits per heavy atom. The summed E-state index contributed by atoms with van der Waals surface area (Å²) < 4.78 is 0. The summed E-state index contributed by atoms with van der Waals surface area (Å²) in [6.45, 7) is 0. The maximum Gasteiger partial charge on any atom is 0.0824 e. The molecular weight excluding hydrogens is 291 g/mol. The number of benzene rings is 2. The Morgan fingerprint density at radius 1 is 0.889 bits per heavy atom. The number of hydrogen-bond acceptors (Lipinski definition) is 2. The van der Waals surface area contributed by atoms with Gasteiger partial charge in [-0.25, -0.2) is 0 Å². The monoisotopic (exact) mass is 300 g/mol. The highest BCUT2D eigenvalue weighted by Crippen LogP contribution is 2.32. The minimum absolute atomic E-state index is 0.377. The molecule has 0 saturated heterocycles. The molecule has 0 aromatic heterocycles. The van der Waals surface area contributed by atoms with Crippen LogP contribution in [-0.2, 0) is 6.42 Å². The van der Waals surface area contributed by atoms with Crippen LogP contribution in [0.2, 0.25) is 15.1 Å². The van der Waals surface area contributed by atoms with E-state index in [4.69, 9.17) is 46.3 Å². The predicted molar refractivity (Wildman–Crippen MR) is 79.5 cm³/mol. The van der Waals surface area contributed by atoms with Crippen molar-refractivity contribution in [3.63, 3.8) is 0 Å². The second-order valence-corrected chi connectivity index (χ2v) is 5.18. The zero-order valence-electron chi connectivity index (χ0n) is 9.38. The van der Waals surface area contributed by atoms with Gasteiger partial charge in [0.1, 0.15) is 0 Å². The van der Waals surface area contributed by atoms with Crippen LogP contribution in [-0.4, -0.2) is 0 Å². The molecule has 2 aromatic carbocycles. The molecule has 18 heavy (non-hydrogen) atoms. The van der Waals surface area contributed by atoms with Crippen molar-refractivity contribution in [1.29, 1.82) is 0 Å². The van der Waals surface area contributed by atoms with Crippen molar-refractivity contribution in [3.05, 3.63) is 56.5 Å². The predicted octanol–water partition coefficient (Wildman–Crippen LogP) is 4.40. The van der Waals surface area contributed by atoms with E-state index in [0.717, 1.165) is 11.1 Å². The molecule has 0 radical (unpaired) electrons. The first-order valence-corrected chi connectivity index (χ1v) is 6.38. The summed E-state index contributed by atoms with van der Waals surface area (Å²) in [4.78, 5) is 0. The number of halogens is 3. The Balaban J connectivity index is 2.37. The number of nitrogens with two attached hydrogens (primary N) is 2. The van der Waals surface area contributed by atoms with E-state index in [1.807, 2.05) is 12.1 Å². The minimum atomic E-state index is 0.377. The standard InChI is InChI=1S/C13H11Cl3N2/c14-9-3-1-7(11(17)6-9)5-8-2-4-10(15)12(16)13(8)18/h1-4,6H,5,17-18H2. The van der Waals surface area contributed by atoms with E-state index in [1.54, 1.807) is 18.2 Å². The van der Waals surface area contributed by atoms with Crippen LogP contribution in [0.5, 0.6) is 0 Å². The van der Waals surface area contributed by atoms with Gasteiger partial charge in [-0.05, 0) is 29.3 Å². The Kier molecular flexibility index (Phi) is 3.91. The molecule has 0 saturated carbocycles. The van der Waals surface area contributed by atoms with Gasteiger partial charge in [0, 0.05) is 17.1 Å². The summed E-state index contributed by atoms with van der Waals surface area (Å²) in [5.74, 6) is 0. The van der Waals surface area contributed by atoms with Crippen molar-refractivity contribution in [1.82, 2.24) is 0 Å². The molecule has 5 heteroatoms. The number of anilines is 2.